The van der Waals surface area contributed by atoms with Crippen LogP contribution in [0.5, 0.6) is 0 Å². The van der Waals surface area contributed by atoms with Crippen LogP contribution in [0.25, 0.3) is 11.9 Å². The van der Waals surface area contributed by atoms with Crippen molar-refractivity contribution in [2.45, 2.75) is 27.7 Å². The Morgan fingerprint density at radius 2 is 1.53 bits per heavy atom. The Morgan fingerprint density at radius 3 is 2.16 bits per heavy atom. The van der Waals surface area contributed by atoms with Crippen molar-refractivity contribution in [1.82, 2.24) is 24.1 Å². The van der Waals surface area contributed by atoms with Crippen LogP contribution in [-0.2, 0) is 10.0 Å². The van der Waals surface area contributed by atoms with Crippen molar-refractivity contribution in [1.29, 1.82) is 0 Å². The van der Waals surface area contributed by atoms with Crippen molar-refractivity contribution < 1.29 is 8.42 Å². The van der Waals surface area contributed by atoms with E-state index in [1.54, 1.807) is 6.08 Å². The molecule has 0 radical (unpaired) electrons. The second-order valence-corrected chi connectivity index (χ2v) is 9.93. The van der Waals surface area contributed by atoms with Crippen molar-refractivity contribution in [2.75, 3.05) is 31.1 Å². The molecule has 3 aromatic rings. The highest BCUT2D eigenvalue weighted by Crippen LogP contribution is 2.20. The zero-order chi connectivity index (χ0) is 22.9. The molecule has 0 bridgehead atoms. The van der Waals surface area contributed by atoms with Crippen LogP contribution in [0.4, 0.5) is 5.82 Å². The molecule has 0 N–H and O–H groups in total. The van der Waals surface area contributed by atoms with Crippen LogP contribution in [0.2, 0.25) is 0 Å². The molecule has 0 aliphatic carbocycles. The maximum atomic E-state index is 12.8. The summed E-state index contributed by atoms with van der Waals surface area (Å²) in [5.74, 6) is 2.16. The SMILES string of the molecule is Cc1ccc(/C=C/S(=O)(=O)N2CCN(c3cc(-n4nc(C)cc4C)nc(C)n3)CC2)cc1. The van der Waals surface area contributed by atoms with Gasteiger partial charge in [-0.15, -0.1) is 0 Å². The van der Waals surface area contributed by atoms with Gasteiger partial charge >= 0.3 is 0 Å². The molecule has 9 heteroatoms. The molecule has 0 unspecified atom stereocenters. The molecule has 3 heterocycles. The Morgan fingerprint density at radius 1 is 0.875 bits per heavy atom. The Labute approximate surface area is 189 Å². The zero-order valence-electron chi connectivity index (χ0n) is 18.9. The van der Waals surface area contributed by atoms with Gasteiger partial charge in [-0.2, -0.15) is 9.40 Å². The second-order valence-electron chi connectivity index (χ2n) is 8.11. The molecule has 1 fully saturated rings. The first-order chi connectivity index (χ1) is 15.2. The highest BCUT2D eigenvalue weighted by Gasteiger charge is 2.26. The normalized spacial score (nSPS) is 15.6. The fourth-order valence-electron chi connectivity index (χ4n) is 3.77. The number of sulfonamides is 1. The molecule has 2 aromatic heterocycles. The third-order valence-corrected chi connectivity index (χ3v) is 7.03. The number of hydrogen-bond acceptors (Lipinski definition) is 6. The number of piperazine rings is 1. The lowest BCUT2D eigenvalue weighted by Gasteiger charge is -2.34. The van der Waals surface area contributed by atoms with Crippen molar-refractivity contribution in [2.24, 2.45) is 0 Å². The van der Waals surface area contributed by atoms with Crippen LogP contribution in [0.1, 0.15) is 28.3 Å². The van der Waals surface area contributed by atoms with Gasteiger partial charge in [0, 0.05) is 43.3 Å². The summed E-state index contributed by atoms with van der Waals surface area (Å²) in [5, 5.41) is 5.81. The average Bonchev–Trinajstić information content (AvgIpc) is 3.11. The van der Waals surface area contributed by atoms with E-state index in [0.717, 1.165) is 28.3 Å². The predicted molar refractivity (Wildman–Crippen MR) is 126 cm³/mol. The van der Waals surface area contributed by atoms with Crippen LogP contribution in [-0.4, -0.2) is 58.7 Å². The summed E-state index contributed by atoms with van der Waals surface area (Å²) in [6.45, 7) is 9.72. The molecule has 1 aromatic carbocycles. The lowest BCUT2D eigenvalue weighted by Crippen LogP contribution is -2.48. The molecule has 32 heavy (non-hydrogen) atoms. The molecular formula is C23H28N6O2S. The predicted octanol–water partition coefficient (Wildman–Crippen LogP) is 3.02. The average molecular weight is 453 g/mol. The zero-order valence-corrected chi connectivity index (χ0v) is 19.7. The van der Waals surface area contributed by atoms with E-state index in [9.17, 15) is 8.42 Å². The summed E-state index contributed by atoms with van der Waals surface area (Å²) in [7, 11) is -3.48. The number of anilines is 1. The van der Waals surface area contributed by atoms with Crippen LogP contribution in [0, 0.1) is 27.7 Å². The van der Waals surface area contributed by atoms with Gasteiger partial charge in [-0.05, 0) is 45.4 Å². The molecule has 4 rings (SSSR count). The molecule has 0 amide bonds. The van der Waals surface area contributed by atoms with Gasteiger partial charge in [-0.1, -0.05) is 29.8 Å². The monoisotopic (exact) mass is 452 g/mol. The minimum atomic E-state index is -3.48. The van der Waals surface area contributed by atoms with Crippen molar-refractivity contribution >= 4 is 21.9 Å². The van der Waals surface area contributed by atoms with E-state index in [1.165, 1.54) is 9.71 Å². The van der Waals surface area contributed by atoms with E-state index in [4.69, 9.17) is 0 Å². The molecule has 0 spiro atoms. The molecule has 1 aliphatic rings. The fraction of sp³-hybridized carbons (Fsp3) is 0.348. The Kier molecular flexibility index (Phi) is 6.12. The summed E-state index contributed by atoms with van der Waals surface area (Å²) in [5.41, 5.74) is 3.94. The third kappa shape index (κ3) is 4.89. The minimum Gasteiger partial charge on any atom is -0.354 e. The number of aryl methyl sites for hydroxylation is 4. The first-order valence-electron chi connectivity index (χ1n) is 10.6. The van der Waals surface area contributed by atoms with Crippen LogP contribution >= 0.6 is 0 Å². The van der Waals surface area contributed by atoms with Crippen molar-refractivity contribution in [3.8, 4) is 5.82 Å². The fourth-order valence-corrected chi connectivity index (χ4v) is 4.94. The van der Waals surface area contributed by atoms with Gasteiger partial charge < -0.3 is 4.90 Å². The minimum absolute atomic E-state index is 0.402. The smallest absolute Gasteiger partial charge is 0.236 e. The topological polar surface area (TPSA) is 84.2 Å². The van der Waals surface area contributed by atoms with E-state index in [0.29, 0.717) is 37.8 Å². The number of hydrogen-bond donors (Lipinski definition) is 0. The molecule has 8 nitrogen and oxygen atoms in total. The molecule has 1 saturated heterocycles. The van der Waals surface area contributed by atoms with E-state index in [2.05, 4.69) is 20.0 Å². The Hall–Kier alpha value is -3.04. The lowest BCUT2D eigenvalue weighted by molar-refractivity contribution is 0.388. The molecule has 1 aliphatic heterocycles. The van der Waals surface area contributed by atoms with Crippen LogP contribution in [0.3, 0.4) is 0 Å². The highest BCUT2D eigenvalue weighted by molar-refractivity contribution is 7.92. The van der Waals surface area contributed by atoms with Crippen molar-refractivity contribution in [3.63, 3.8) is 0 Å². The van der Waals surface area contributed by atoms with Gasteiger partial charge in [-0.25, -0.2) is 23.1 Å². The first kappa shape index (κ1) is 22.2. The van der Waals surface area contributed by atoms with E-state index >= 15 is 0 Å². The van der Waals surface area contributed by atoms with Gasteiger partial charge in [0.15, 0.2) is 5.82 Å². The number of nitrogens with zero attached hydrogens (tertiary/aromatic N) is 6. The maximum Gasteiger partial charge on any atom is 0.236 e. The molecule has 168 valence electrons. The summed E-state index contributed by atoms with van der Waals surface area (Å²) >= 11 is 0. The Balaban J connectivity index is 1.46. The first-order valence-corrected chi connectivity index (χ1v) is 12.1. The highest BCUT2D eigenvalue weighted by atomic mass is 32.2. The standard InChI is InChI=1S/C23H28N6O2S/c1-17-5-7-21(8-6-17)9-14-32(30,31)28-12-10-27(11-13-28)22-16-23(25-20(4)24-22)29-19(3)15-18(2)26-29/h5-9,14-16H,10-13H2,1-4H3/b14-9+. The van der Waals surface area contributed by atoms with Gasteiger partial charge in [0.1, 0.15) is 11.6 Å². The summed E-state index contributed by atoms with van der Waals surface area (Å²) in [6.07, 6.45) is 1.65. The second kappa shape index (κ2) is 8.84. The van der Waals surface area contributed by atoms with E-state index < -0.39 is 10.0 Å². The van der Waals surface area contributed by atoms with E-state index in [1.807, 2.05) is 68.8 Å². The maximum absolute atomic E-state index is 12.8. The number of aromatic nitrogens is 4. The quantitative estimate of drug-likeness (QED) is 0.592. The Bertz CT molecular complexity index is 1240. The van der Waals surface area contributed by atoms with Gasteiger partial charge in [0.25, 0.3) is 0 Å². The summed E-state index contributed by atoms with van der Waals surface area (Å²) < 4.78 is 28.9. The number of benzene rings is 1. The van der Waals surface area contributed by atoms with Crippen LogP contribution < -0.4 is 4.90 Å². The van der Waals surface area contributed by atoms with Crippen molar-refractivity contribution in [3.05, 3.63) is 70.1 Å². The number of rotatable bonds is 5. The van der Waals surface area contributed by atoms with Gasteiger partial charge in [0.05, 0.1) is 5.69 Å². The summed E-state index contributed by atoms with van der Waals surface area (Å²) in [4.78, 5) is 11.2. The van der Waals surface area contributed by atoms with Gasteiger partial charge in [0.2, 0.25) is 10.0 Å². The van der Waals surface area contributed by atoms with Crippen LogP contribution in [0.15, 0.2) is 41.8 Å². The summed E-state index contributed by atoms with van der Waals surface area (Å²) in [6, 6.07) is 11.7. The molecular weight excluding hydrogens is 424 g/mol. The van der Waals surface area contributed by atoms with Gasteiger partial charge in [-0.3, -0.25) is 0 Å². The molecule has 0 saturated carbocycles. The largest absolute Gasteiger partial charge is 0.354 e. The van der Waals surface area contributed by atoms with E-state index in [-0.39, 0.29) is 0 Å². The lowest BCUT2D eigenvalue weighted by atomic mass is 10.2. The molecule has 0 atom stereocenters. The third-order valence-electron chi connectivity index (χ3n) is 5.47.